The fraction of sp³-hybridized carbons (Fsp3) is 0.286. The summed E-state index contributed by atoms with van der Waals surface area (Å²) in [5.74, 6) is 0.605. The summed E-state index contributed by atoms with van der Waals surface area (Å²) in [6.07, 6.45) is 3.03. The molecule has 5 nitrogen and oxygen atoms in total. The number of aliphatic hydroxyl groups is 1. The molecule has 0 amide bonds. The van der Waals surface area contributed by atoms with E-state index in [4.69, 9.17) is 0 Å². The molecule has 0 radical (unpaired) electrons. The molecule has 0 saturated heterocycles. The van der Waals surface area contributed by atoms with Gasteiger partial charge < -0.3 is 15.7 Å². The number of hydrogen-bond acceptors (Lipinski definition) is 5. The van der Waals surface area contributed by atoms with Gasteiger partial charge in [0.15, 0.2) is 0 Å². The Labute approximate surface area is 112 Å². The van der Waals surface area contributed by atoms with Crippen molar-refractivity contribution in [1.29, 1.82) is 0 Å². The number of nitrogens with zero attached hydrogens (tertiary/aromatic N) is 2. The molecule has 5 heteroatoms. The Balaban J connectivity index is 1.79. The van der Waals surface area contributed by atoms with Gasteiger partial charge in [-0.15, -0.1) is 0 Å². The van der Waals surface area contributed by atoms with Gasteiger partial charge in [-0.2, -0.15) is 0 Å². The molecule has 3 N–H and O–H groups in total. The molecule has 0 aliphatic heterocycles. The van der Waals surface area contributed by atoms with Crippen LogP contribution in [0.4, 0.5) is 5.95 Å². The molecule has 0 aliphatic rings. The van der Waals surface area contributed by atoms with Crippen LogP contribution in [0.2, 0.25) is 0 Å². The Hall–Kier alpha value is -1.98. The first-order valence-corrected chi connectivity index (χ1v) is 6.22. The van der Waals surface area contributed by atoms with Crippen molar-refractivity contribution in [3.05, 3.63) is 53.9 Å². The lowest BCUT2D eigenvalue weighted by atomic mass is 10.1. The van der Waals surface area contributed by atoms with Gasteiger partial charge in [-0.25, -0.2) is 9.97 Å². The molecular weight excluding hydrogens is 240 g/mol. The molecule has 0 spiro atoms. The summed E-state index contributed by atoms with van der Waals surface area (Å²) in [5.41, 5.74) is 1.90. The van der Waals surface area contributed by atoms with Gasteiger partial charge in [0.1, 0.15) is 0 Å². The third-order valence-electron chi connectivity index (χ3n) is 2.78. The minimum atomic E-state index is -0.501. The molecular formula is C14H18N4O. The van der Waals surface area contributed by atoms with E-state index in [1.807, 2.05) is 30.3 Å². The molecule has 19 heavy (non-hydrogen) atoms. The summed E-state index contributed by atoms with van der Waals surface area (Å²) in [5, 5.41) is 16.0. The zero-order chi connectivity index (χ0) is 13.5. The Morgan fingerprint density at radius 2 is 1.84 bits per heavy atom. The Bertz CT molecular complexity index is 487. The highest BCUT2D eigenvalue weighted by molar-refractivity contribution is 5.23. The van der Waals surface area contributed by atoms with E-state index in [0.717, 1.165) is 11.1 Å². The monoisotopic (exact) mass is 258 g/mol. The molecule has 0 fully saturated rings. The van der Waals surface area contributed by atoms with Crippen LogP contribution in [-0.2, 0) is 6.54 Å². The standard InChI is InChI=1S/C14H18N4O/c1-15-14-17-8-11(9-18-14)7-16-10-13(19)12-5-3-2-4-6-12/h2-6,8-9,13,16,19H,7,10H2,1H3,(H,15,17,18)/t13-/m1/s1. The average molecular weight is 258 g/mol. The normalized spacial score (nSPS) is 12.1. The fourth-order valence-electron chi connectivity index (χ4n) is 1.72. The minimum Gasteiger partial charge on any atom is -0.387 e. The molecule has 1 atom stereocenters. The molecule has 2 rings (SSSR count). The first kappa shape index (κ1) is 13.5. The lowest BCUT2D eigenvalue weighted by Crippen LogP contribution is -2.21. The smallest absolute Gasteiger partial charge is 0.222 e. The maximum atomic E-state index is 9.98. The van der Waals surface area contributed by atoms with Crippen LogP contribution in [0.5, 0.6) is 0 Å². The van der Waals surface area contributed by atoms with E-state index >= 15 is 0 Å². The molecule has 1 heterocycles. The number of aromatic nitrogens is 2. The third-order valence-corrected chi connectivity index (χ3v) is 2.78. The van der Waals surface area contributed by atoms with Crippen LogP contribution in [-0.4, -0.2) is 28.7 Å². The SMILES string of the molecule is CNc1ncc(CNC[C@@H](O)c2ccccc2)cn1. The van der Waals surface area contributed by atoms with Crippen molar-refractivity contribution in [2.45, 2.75) is 12.6 Å². The Morgan fingerprint density at radius 3 is 2.47 bits per heavy atom. The molecule has 100 valence electrons. The van der Waals surface area contributed by atoms with Gasteiger partial charge in [-0.3, -0.25) is 0 Å². The lowest BCUT2D eigenvalue weighted by molar-refractivity contribution is 0.174. The van der Waals surface area contributed by atoms with Crippen molar-refractivity contribution in [3.8, 4) is 0 Å². The molecule has 0 bridgehead atoms. The molecule has 2 aromatic rings. The molecule has 0 unspecified atom stereocenters. The van der Waals surface area contributed by atoms with Crippen molar-refractivity contribution in [1.82, 2.24) is 15.3 Å². The van der Waals surface area contributed by atoms with E-state index in [9.17, 15) is 5.11 Å². The van der Waals surface area contributed by atoms with Gasteiger partial charge in [-0.05, 0) is 5.56 Å². The van der Waals surface area contributed by atoms with Gasteiger partial charge in [0.2, 0.25) is 5.95 Å². The second kappa shape index (κ2) is 6.82. The molecule has 1 aromatic carbocycles. The van der Waals surface area contributed by atoms with Crippen LogP contribution < -0.4 is 10.6 Å². The van der Waals surface area contributed by atoms with Gasteiger partial charge >= 0.3 is 0 Å². The largest absolute Gasteiger partial charge is 0.387 e. The van der Waals surface area contributed by atoms with Crippen LogP contribution in [0, 0.1) is 0 Å². The summed E-state index contributed by atoms with van der Waals surface area (Å²) in [6.45, 7) is 1.13. The van der Waals surface area contributed by atoms with Crippen LogP contribution in [0.15, 0.2) is 42.7 Å². The maximum Gasteiger partial charge on any atom is 0.222 e. The lowest BCUT2D eigenvalue weighted by Gasteiger charge is -2.12. The first-order valence-electron chi connectivity index (χ1n) is 6.22. The molecule has 0 saturated carbocycles. The van der Waals surface area contributed by atoms with Gasteiger partial charge in [0.25, 0.3) is 0 Å². The zero-order valence-electron chi connectivity index (χ0n) is 10.9. The molecule has 1 aromatic heterocycles. The van der Waals surface area contributed by atoms with Crippen molar-refractivity contribution in [3.63, 3.8) is 0 Å². The van der Waals surface area contributed by atoms with Crippen molar-refractivity contribution >= 4 is 5.95 Å². The van der Waals surface area contributed by atoms with E-state index in [-0.39, 0.29) is 0 Å². The second-order valence-electron chi connectivity index (χ2n) is 4.22. The summed E-state index contributed by atoms with van der Waals surface area (Å²) >= 11 is 0. The van der Waals surface area contributed by atoms with E-state index in [1.54, 1.807) is 19.4 Å². The van der Waals surface area contributed by atoms with E-state index in [2.05, 4.69) is 20.6 Å². The summed E-state index contributed by atoms with van der Waals surface area (Å²) < 4.78 is 0. The highest BCUT2D eigenvalue weighted by Crippen LogP contribution is 2.10. The third kappa shape index (κ3) is 4.01. The number of nitrogens with one attached hydrogen (secondary N) is 2. The number of hydrogen-bond donors (Lipinski definition) is 3. The number of benzene rings is 1. The number of aliphatic hydroxyl groups excluding tert-OH is 1. The molecule has 0 aliphatic carbocycles. The van der Waals surface area contributed by atoms with E-state index in [0.29, 0.717) is 19.0 Å². The van der Waals surface area contributed by atoms with Gasteiger partial charge in [-0.1, -0.05) is 30.3 Å². The number of anilines is 1. The predicted octanol–water partition coefficient (Wildman–Crippen LogP) is 1.34. The Kier molecular flexibility index (Phi) is 4.83. The number of rotatable bonds is 6. The zero-order valence-corrected chi connectivity index (χ0v) is 10.9. The highest BCUT2D eigenvalue weighted by atomic mass is 16.3. The minimum absolute atomic E-state index is 0.498. The maximum absolute atomic E-state index is 9.98. The van der Waals surface area contributed by atoms with Crippen molar-refractivity contribution in [2.24, 2.45) is 0 Å². The van der Waals surface area contributed by atoms with Crippen molar-refractivity contribution in [2.75, 3.05) is 18.9 Å². The van der Waals surface area contributed by atoms with Crippen LogP contribution in [0.1, 0.15) is 17.2 Å². The Morgan fingerprint density at radius 1 is 1.16 bits per heavy atom. The van der Waals surface area contributed by atoms with Crippen LogP contribution in [0.3, 0.4) is 0 Å². The van der Waals surface area contributed by atoms with E-state index < -0.39 is 6.10 Å². The average Bonchev–Trinajstić information content (AvgIpc) is 2.49. The summed E-state index contributed by atoms with van der Waals surface area (Å²) in [4.78, 5) is 8.26. The first-order chi connectivity index (χ1) is 9.29. The van der Waals surface area contributed by atoms with Crippen molar-refractivity contribution < 1.29 is 5.11 Å². The summed E-state index contributed by atoms with van der Waals surface area (Å²) in [7, 11) is 1.78. The second-order valence-corrected chi connectivity index (χ2v) is 4.22. The van der Waals surface area contributed by atoms with Gasteiger partial charge in [0.05, 0.1) is 6.10 Å². The quantitative estimate of drug-likeness (QED) is 0.729. The van der Waals surface area contributed by atoms with Crippen LogP contribution >= 0.6 is 0 Å². The highest BCUT2D eigenvalue weighted by Gasteiger charge is 2.05. The topological polar surface area (TPSA) is 70.1 Å². The van der Waals surface area contributed by atoms with E-state index in [1.165, 1.54) is 0 Å². The summed E-state index contributed by atoms with van der Waals surface area (Å²) in [6, 6.07) is 9.60. The van der Waals surface area contributed by atoms with Crippen LogP contribution in [0.25, 0.3) is 0 Å². The fourth-order valence-corrected chi connectivity index (χ4v) is 1.72. The predicted molar refractivity (Wildman–Crippen MR) is 74.7 cm³/mol. The van der Waals surface area contributed by atoms with Gasteiger partial charge in [0, 0.05) is 38.1 Å².